The first kappa shape index (κ1) is 13.3. The summed E-state index contributed by atoms with van der Waals surface area (Å²) in [5, 5.41) is 8.96. The summed E-state index contributed by atoms with van der Waals surface area (Å²) >= 11 is 0. The van der Waals surface area contributed by atoms with Gasteiger partial charge in [0.05, 0.1) is 11.5 Å². The highest BCUT2D eigenvalue weighted by Crippen LogP contribution is 2.33. The summed E-state index contributed by atoms with van der Waals surface area (Å²) in [5.74, 6) is -0.796. The van der Waals surface area contributed by atoms with E-state index >= 15 is 0 Å². The van der Waals surface area contributed by atoms with Crippen LogP contribution in [0.15, 0.2) is 0 Å². The van der Waals surface area contributed by atoms with Gasteiger partial charge in [-0.25, -0.2) is 0 Å². The highest BCUT2D eigenvalue weighted by atomic mass is 16.4. The molecule has 3 atom stereocenters. The Hall–Kier alpha value is -1.10. The van der Waals surface area contributed by atoms with Crippen LogP contribution in [0, 0.1) is 11.8 Å². The highest BCUT2D eigenvalue weighted by molar-refractivity contribution is 5.87. The normalized spacial score (nSPS) is 36.7. The van der Waals surface area contributed by atoms with E-state index < -0.39 is 17.4 Å². The third-order valence-electron chi connectivity index (χ3n) is 4.28. The van der Waals surface area contributed by atoms with Crippen molar-refractivity contribution in [2.45, 2.75) is 44.6 Å². The fourth-order valence-corrected chi connectivity index (χ4v) is 3.25. The molecule has 2 rings (SSSR count). The van der Waals surface area contributed by atoms with Crippen molar-refractivity contribution in [1.82, 2.24) is 4.90 Å². The quantitative estimate of drug-likeness (QED) is 0.764. The first-order valence-electron chi connectivity index (χ1n) is 6.73. The first-order valence-corrected chi connectivity index (χ1v) is 6.73. The minimum atomic E-state index is -0.812. The van der Waals surface area contributed by atoms with Crippen LogP contribution in [-0.2, 0) is 9.59 Å². The second-order valence-corrected chi connectivity index (χ2v) is 5.93. The number of amides is 1. The van der Waals surface area contributed by atoms with Crippen LogP contribution >= 0.6 is 0 Å². The number of carboxylic acid groups (broad SMARTS) is 1. The van der Waals surface area contributed by atoms with Gasteiger partial charge in [-0.05, 0) is 25.2 Å². The number of hydrogen-bond acceptors (Lipinski definition) is 3. The van der Waals surface area contributed by atoms with Crippen LogP contribution in [0.25, 0.3) is 0 Å². The molecule has 0 aromatic rings. The molecule has 102 valence electrons. The number of nitrogens with two attached hydrogens (primary N) is 1. The van der Waals surface area contributed by atoms with Crippen molar-refractivity contribution in [1.29, 1.82) is 0 Å². The maximum Gasteiger partial charge on any atom is 0.308 e. The molecule has 1 aliphatic heterocycles. The summed E-state index contributed by atoms with van der Waals surface area (Å²) in [6, 6.07) is 0. The van der Waals surface area contributed by atoms with E-state index in [1.165, 1.54) is 0 Å². The maximum absolute atomic E-state index is 12.4. The third-order valence-corrected chi connectivity index (χ3v) is 4.28. The predicted molar refractivity (Wildman–Crippen MR) is 66.9 cm³/mol. The van der Waals surface area contributed by atoms with Gasteiger partial charge in [0.25, 0.3) is 0 Å². The predicted octanol–water partition coefficient (Wildman–Crippen LogP) is 0.827. The van der Waals surface area contributed by atoms with E-state index in [-0.39, 0.29) is 5.91 Å². The van der Waals surface area contributed by atoms with Gasteiger partial charge in [-0.3, -0.25) is 9.59 Å². The average molecular weight is 254 g/mol. The van der Waals surface area contributed by atoms with Crippen molar-refractivity contribution in [2.75, 3.05) is 13.1 Å². The average Bonchev–Trinajstić information content (AvgIpc) is 2.76. The molecule has 0 bridgehead atoms. The molecule has 0 aromatic heterocycles. The molecule has 5 heteroatoms. The van der Waals surface area contributed by atoms with Crippen molar-refractivity contribution in [3.05, 3.63) is 0 Å². The number of hydrogen-bond donors (Lipinski definition) is 2. The Kier molecular flexibility index (Phi) is 3.61. The largest absolute Gasteiger partial charge is 0.481 e. The zero-order chi connectivity index (χ0) is 13.3. The molecular weight excluding hydrogens is 232 g/mol. The number of carboxylic acids is 1. The molecule has 2 aliphatic rings. The number of likely N-dealkylation sites (tertiary alicyclic amines) is 1. The fourth-order valence-electron chi connectivity index (χ4n) is 3.25. The van der Waals surface area contributed by atoms with E-state index in [4.69, 9.17) is 10.8 Å². The van der Waals surface area contributed by atoms with Gasteiger partial charge in [-0.2, -0.15) is 0 Å². The van der Waals surface area contributed by atoms with Crippen molar-refractivity contribution < 1.29 is 14.7 Å². The van der Waals surface area contributed by atoms with E-state index in [1.807, 2.05) is 0 Å². The van der Waals surface area contributed by atoms with E-state index in [1.54, 1.807) is 4.90 Å². The molecule has 0 spiro atoms. The van der Waals surface area contributed by atoms with Gasteiger partial charge in [0.2, 0.25) is 5.91 Å². The van der Waals surface area contributed by atoms with Gasteiger partial charge < -0.3 is 15.7 Å². The van der Waals surface area contributed by atoms with Gasteiger partial charge in [-0.1, -0.05) is 19.8 Å². The summed E-state index contributed by atoms with van der Waals surface area (Å²) in [6.07, 6.45) is 4.11. The van der Waals surface area contributed by atoms with Crippen LogP contribution in [0.1, 0.15) is 39.0 Å². The second-order valence-electron chi connectivity index (χ2n) is 5.93. The van der Waals surface area contributed by atoms with Crippen LogP contribution < -0.4 is 5.73 Å². The van der Waals surface area contributed by atoms with Gasteiger partial charge in [0.15, 0.2) is 0 Å². The molecule has 1 saturated heterocycles. The Morgan fingerprint density at radius 1 is 1.39 bits per heavy atom. The number of nitrogens with zero attached hydrogens (tertiary/aromatic N) is 1. The van der Waals surface area contributed by atoms with Crippen molar-refractivity contribution in [3.63, 3.8) is 0 Å². The fraction of sp³-hybridized carbons (Fsp3) is 0.846. The van der Waals surface area contributed by atoms with Crippen LogP contribution in [0.5, 0.6) is 0 Å². The molecule has 3 N–H and O–H groups in total. The monoisotopic (exact) mass is 254 g/mol. The topological polar surface area (TPSA) is 83.6 Å². The maximum atomic E-state index is 12.4. The molecule has 5 nitrogen and oxygen atoms in total. The van der Waals surface area contributed by atoms with E-state index in [9.17, 15) is 9.59 Å². The zero-order valence-corrected chi connectivity index (χ0v) is 10.9. The molecular formula is C13H22N2O3. The van der Waals surface area contributed by atoms with Crippen LogP contribution in [0.3, 0.4) is 0 Å². The van der Waals surface area contributed by atoms with Gasteiger partial charge >= 0.3 is 5.97 Å². The molecule has 1 heterocycles. The van der Waals surface area contributed by atoms with E-state index in [0.717, 1.165) is 25.7 Å². The molecule has 18 heavy (non-hydrogen) atoms. The molecule has 3 unspecified atom stereocenters. The van der Waals surface area contributed by atoms with Crippen molar-refractivity contribution in [2.24, 2.45) is 17.6 Å². The first-order chi connectivity index (χ1) is 8.42. The molecule has 2 fully saturated rings. The molecule has 1 saturated carbocycles. The Labute approximate surface area is 107 Å². The zero-order valence-electron chi connectivity index (χ0n) is 10.9. The Morgan fingerprint density at radius 2 is 2.11 bits per heavy atom. The molecule has 1 amide bonds. The summed E-state index contributed by atoms with van der Waals surface area (Å²) in [4.78, 5) is 25.0. The Balaban J connectivity index is 2.01. The SMILES string of the molecule is CC1CCCC(N)(C(=O)N2CCC(C(=O)O)C2)C1. The lowest BCUT2D eigenvalue weighted by molar-refractivity contribution is -0.142. The standard InChI is InChI=1S/C13H22N2O3/c1-9-3-2-5-13(14,7-9)12(18)15-6-4-10(8-15)11(16)17/h9-10H,2-8,14H2,1H3,(H,16,17). The van der Waals surface area contributed by atoms with E-state index in [2.05, 4.69) is 6.92 Å². The lowest BCUT2D eigenvalue weighted by Crippen LogP contribution is -2.57. The minimum Gasteiger partial charge on any atom is -0.481 e. The van der Waals surface area contributed by atoms with Crippen LogP contribution in [-0.4, -0.2) is 40.5 Å². The van der Waals surface area contributed by atoms with Gasteiger partial charge in [-0.15, -0.1) is 0 Å². The summed E-state index contributed by atoms with van der Waals surface area (Å²) < 4.78 is 0. The number of rotatable bonds is 2. The summed E-state index contributed by atoms with van der Waals surface area (Å²) in [6.45, 7) is 2.97. The van der Waals surface area contributed by atoms with Crippen molar-refractivity contribution in [3.8, 4) is 0 Å². The number of carbonyl (C=O) groups is 2. The Morgan fingerprint density at radius 3 is 2.67 bits per heavy atom. The highest BCUT2D eigenvalue weighted by Gasteiger charge is 2.43. The van der Waals surface area contributed by atoms with Crippen LogP contribution in [0.2, 0.25) is 0 Å². The summed E-state index contributed by atoms with van der Waals surface area (Å²) in [5.41, 5.74) is 5.50. The number of carbonyl (C=O) groups excluding carboxylic acids is 1. The van der Waals surface area contributed by atoms with Crippen molar-refractivity contribution >= 4 is 11.9 Å². The smallest absolute Gasteiger partial charge is 0.308 e. The molecule has 0 radical (unpaired) electrons. The molecule has 1 aliphatic carbocycles. The lowest BCUT2D eigenvalue weighted by Gasteiger charge is -2.38. The molecule has 0 aromatic carbocycles. The van der Waals surface area contributed by atoms with Gasteiger partial charge in [0.1, 0.15) is 0 Å². The Bertz CT molecular complexity index is 358. The van der Waals surface area contributed by atoms with E-state index in [0.29, 0.717) is 25.4 Å². The lowest BCUT2D eigenvalue weighted by atomic mass is 9.76. The minimum absolute atomic E-state index is 0.0437. The number of aliphatic carboxylic acids is 1. The third kappa shape index (κ3) is 2.51. The second kappa shape index (κ2) is 4.88. The van der Waals surface area contributed by atoms with Crippen LogP contribution in [0.4, 0.5) is 0 Å². The summed E-state index contributed by atoms with van der Waals surface area (Å²) in [7, 11) is 0. The van der Waals surface area contributed by atoms with Gasteiger partial charge in [0, 0.05) is 13.1 Å².